The van der Waals surface area contributed by atoms with Crippen molar-refractivity contribution in [1.29, 1.82) is 0 Å². The number of carbonyl (C=O) groups excluding carboxylic acids is 1. The van der Waals surface area contributed by atoms with Gasteiger partial charge in [-0.2, -0.15) is 0 Å². The average molecular weight is 369 g/mol. The number of carbonyl (C=O) groups is 1. The molecule has 0 aliphatic heterocycles. The lowest BCUT2D eigenvalue weighted by Gasteiger charge is -2.13. The Kier molecular flexibility index (Phi) is 5.67. The van der Waals surface area contributed by atoms with Crippen molar-refractivity contribution < 1.29 is 4.79 Å². The van der Waals surface area contributed by atoms with Gasteiger partial charge in [0.15, 0.2) is 0 Å². The monoisotopic (exact) mass is 368 g/mol. The lowest BCUT2D eigenvalue weighted by molar-refractivity contribution is -0.122. The van der Waals surface area contributed by atoms with Crippen molar-refractivity contribution in [3.63, 3.8) is 0 Å². The summed E-state index contributed by atoms with van der Waals surface area (Å²) in [6, 6.07) is 14.1. The van der Waals surface area contributed by atoms with Crippen LogP contribution in [0.1, 0.15) is 43.4 Å². The third-order valence-corrected chi connectivity index (χ3v) is 4.93. The molecule has 0 aliphatic rings. The number of benzene rings is 2. The van der Waals surface area contributed by atoms with Gasteiger partial charge in [0.05, 0.1) is 5.92 Å². The average Bonchev–Trinajstić information content (AvgIpc) is 3.01. The number of halogens is 1. The minimum absolute atomic E-state index is 0.0259. The summed E-state index contributed by atoms with van der Waals surface area (Å²) in [5, 5.41) is 4.78. The first-order valence-electron chi connectivity index (χ1n) is 9.06. The fourth-order valence-corrected chi connectivity index (χ4v) is 3.37. The van der Waals surface area contributed by atoms with Crippen molar-refractivity contribution in [2.24, 2.45) is 5.92 Å². The van der Waals surface area contributed by atoms with Crippen LogP contribution in [0.15, 0.2) is 48.7 Å². The molecule has 0 aliphatic carbocycles. The van der Waals surface area contributed by atoms with E-state index in [1.54, 1.807) is 0 Å². The zero-order valence-electron chi connectivity index (χ0n) is 15.5. The fraction of sp³-hybridized carbons (Fsp3) is 0.318. The minimum Gasteiger partial charge on any atom is -0.361 e. The molecule has 0 bridgehead atoms. The van der Waals surface area contributed by atoms with Gasteiger partial charge in [0.25, 0.3) is 0 Å². The highest BCUT2D eigenvalue weighted by atomic mass is 35.5. The Morgan fingerprint density at radius 1 is 1.12 bits per heavy atom. The van der Waals surface area contributed by atoms with Crippen LogP contribution in [0.25, 0.3) is 10.9 Å². The molecule has 0 saturated carbocycles. The molecule has 3 rings (SSSR count). The van der Waals surface area contributed by atoms with E-state index < -0.39 is 0 Å². The Bertz CT molecular complexity index is 896. The highest BCUT2D eigenvalue weighted by molar-refractivity contribution is 6.31. The summed E-state index contributed by atoms with van der Waals surface area (Å²) in [7, 11) is 0. The smallest absolute Gasteiger partial charge is 0.227 e. The van der Waals surface area contributed by atoms with Gasteiger partial charge in [-0.25, -0.2) is 0 Å². The molecule has 136 valence electrons. The Labute approximate surface area is 159 Å². The fourth-order valence-electron chi connectivity index (χ4n) is 3.20. The molecule has 1 unspecified atom stereocenters. The normalized spacial score (nSPS) is 12.5. The lowest BCUT2D eigenvalue weighted by atomic mass is 9.96. The van der Waals surface area contributed by atoms with Crippen LogP contribution in [0.4, 0.5) is 0 Å². The molecule has 1 atom stereocenters. The third kappa shape index (κ3) is 4.28. The van der Waals surface area contributed by atoms with Gasteiger partial charge in [-0.05, 0) is 54.2 Å². The summed E-state index contributed by atoms with van der Waals surface area (Å²) in [6.45, 7) is 6.84. The van der Waals surface area contributed by atoms with Crippen LogP contribution >= 0.6 is 11.6 Å². The van der Waals surface area contributed by atoms with E-state index in [1.165, 1.54) is 5.56 Å². The first-order chi connectivity index (χ1) is 12.4. The Morgan fingerprint density at radius 2 is 1.85 bits per heavy atom. The maximum absolute atomic E-state index is 12.6. The topological polar surface area (TPSA) is 44.9 Å². The number of fused-ring (bicyclic) bond motifs is 1. The van der Waals surface area contributed by atoms with Gasteiger partial charge in [-0.1, -0.05) is 49.7 Å². The van der Waals surface area contributed by atoms with Crippen molar-refractivity contribution in [1.82, 2.24) is 10.3 Å². The van der Waals surface area contributed by atoms with Gasteiger partial charge in [0.1, 0.15) is 0 Å². The summed E-state index contributed by atoms with van der Waals surface area (Å²) in [4.78, 5) is 15.8. The van der Waals surface area contributed by atoms with Gasteiger partial charge in [-0.15, -0.1) is 0 Å². The molecule has 0 fully saturated rings. The van der Waals surface area contributed by atoms with Gasteiger partial charge >= 0.3 is 0 Å². The number of rotatable bonds is 6. The highest BCUT2D eigenvalue weighted by Crippen LogP contribution is 2.23. The van der Waals surface area contributed by atoms with Gasteiger partial charge in [0, 0.05) is 28.7 Å². The first-order valence-corrected chi connectivity index (χ1v) is 9.44. The van der Waals surface area contributed by atoms with Crippen LogP contribution < -0.4 is 5.32 Å². The molecule has 1 aromatic heterocycles. The summed E-state index contributed by atoms with van der Waals surface area (Å²) in [6.07, 6.45) is 2.98. The van der Waals surface area contributed by atoms with E-state index in [2.05, 4.69) is 48.4 Å². The van der Waals surface area contributed by atoms with Crippen LogP contribution in [-0.2, 0) is 17.8 Å². The zero-order chi connectivity index (χ0) is 18.7. The first kappa shape index (κ1) is 18.5. The van der Waals surface area contributed by atoms with Crippen LogP contribution in [-0.4, -0.2) is 10.9 Å². The second-order valence-electron chi connectivity index (χ2n) is 7.28. The minimum atomic E-state index is -0.183. The molecule has 0 radical (unpaired) electrons. The van der Waals surface area contributed by atoms with E-state index in [4.69, 9.17) is 11.6 Å². The second kappa shape index (κ2) is 7.96. The predicted octanol–water partition coefficient (Wildman–Crippen LogP) is 5.44. The summed E-state index contributed by atoms with van der Waals surface area (Å²) >= 11 is 6.08. The molecule has 3 aromatic rings. The molecule has 2 aromatic carbocycles. The van der Waals surface area contributed by atoms with Crippen molar-refractivity contribution >= 4 is 28.4 Å². The van der Waals surface area contributed by atoms with E-state index in [9.17, 15) is 4.79 Å². The molecule has 4 heteroatoms. The van der Waals surface area contributed by atoms with Crippen LogP contribution in [0, 0.1) is 5.92 Å². The Balaban J connectivity index is 1.64. The van der Waals surface area contributed by atoms with Crippen molar-refractivity contribution in [3.05, 3.63) is 70.4 Å². The Hall–Kier alpha value is -2.26. The molecular weight excluding hydrogens is 344 g/mol. The molecular formula is C22H25ClN2O. The van der Waals surface area contributed by atoms with Crippen LogP contribution in [0.5, 0.6) is 0 Å². The predicted molar refractivity (Wildman–Crippen MR) is 109 cm³/mol. The van der Waals surface area contributed by atoms with Gasteiger partial charge in [0.2, 0.25) is 5.91 Å². The summed E-state index contributed by atoms with van der Waals surface area (Å²) < 4.78 is 0. The quantitative estimate of drug-likeness (QED) is 0.597. The van der Waals surface area contributed by atoms with Crippen LogP contribution in [0.3, 0.4) is 0 Å². The zero-order valence-corrected chi connectivity index (χ0v) is 16.2. The summed E-state index contributed by atoms with van der Waals surface area (Å²) in [5.74, 6) is 0.473. The largest absolute Gasteiger partial charge is 0.361 e. The molecule has 1 heterocycles. The van der Waals surface area contributed by atoms with E-state index in [1.807, 2.05) is 31.3 Å². The standard InChI is InChI=1S/C22H25ClN2O/c1-14(2)10-16-4-6-17(7-5-16)15(3)22(26)25-13-18-12-24-21-9-8-19(23)11-20(18)21/h4-9,11-12,14-15,24H,10,13H2,1-3H3,(H,25,26). The number of hydrogen-bond acceptors (Lipinski definition) is 1. The van der Waals surface area contributed by atoms with E-state index in [-0.39, 0.29) is 11.8 Å². The maximum atomic E-state index is 12.6. The molecule has 2 N–H and O–H groups in total. The molecule has 0 spiro atoms. The number of hydrogen-bond donors (Lipinski definition) is 2. The Morgan fingerprint density at radius 3 is 2.54 bits per heavy atom. The maximum Gasteiger partial charge on any atom is 0.227 e. The number of aromatic amines is 1. The molecule has 0 saturated heterocycles. The molecule has 26 heavy (non-hydrogen) atoms. The van der Waals surface area contributed by atoms with Gasteiger partial charge in [-0.3, -0.25) is 4.79 Å². The van der Waals surface area contributed by atoms with E-state index in [0.29, 0.717) is 17.5 Å². The number of H-pyrrole nitrogens is 1. The van der Waals surface area contributed by atoms with Crippen molar-refractivity contribution in [2.45, 2.75) is 39.7 Å². The lowest BCUT2D eigenvalue weighted by Crippen LogP contribution is -2.27. The van der Waals surface area contributed by atoms with E-state index >= 15 is 0 Å². The molecule has 1 amide bonds. The number of aromatic nitrogens is 1. The van der Waals surface area contributed by atoms with Crippen molar-refractivity contribution in [3.8, 4) is 0 Å². The number of amides is 1. The van der Waals surface area contributed by atoms with Gasteiger partial charge < -0.3 is 10.3 Å². The number of nitrogens with one attached hydrogen (secondary N) is 2. The second-order valence-corrected chi connectivity index (χ2v) is 7.72. The van der Waals surface area contributed by atoms with Crippen molar-refractivity contribution in [2.75, 3.05) is 0 Å². The SMILES string of the molecule is CC(C)Cc1ccc(C(C)C(=O)NCc2c[nH]c3ccc(Cl)cc23)cc1. The third-order valence-electron chi connectivity index (χ3n) is 4.70. The molecule has 3 nitrogen and oxygen atoms in total. The highest BCUT2D eigenvalue weighted by Gasteiger charge is 2.15. The van der Waals surface area contributed by atoms with E-state index in [0.717, 1.165) is 28.5 Å². The van der Waals surface area contributed by atoms with Crippen LogP contribution in [0.2, 0.25) is 5.02 Å². The summed E-state index contributed by atoms with van der Waals surface area (Å²) in [5.41, 5.74) is 4.41.